The van der Waals surface area contributed by atoms with Gasteiger partial charge in [-0.15, -0.1) is 0 Å². The Bertz CT molecular complexity index is 895. The molecule has 0 aromatic heterocycles. The molecule has 1 aliphatic rings. The van der Waals surface area contributed by atoms with Crippen LogP contribution in [0.4, 0.5) is 0 Å². The van der Waals surface area contributed by atoms with E-state index < -0.39 is 61.5 Å². The van der Waals surface area contributed by atoms with Gasteiger partial charge in [0.1, 0.15) is 30.5 Å². The summed E-state index contributed by atoms with van der Waals surface area (Å²) in [6.07, 6.45) is 32.9. The topological polar surface area (TPSA) is 169 Å². The van der Waals surface area contributed by atoms with Crippen LogP contribution in [-0.2, 0) is 14.3 Å². The lowest BCUT2D eigenvalue weighted by atomic mass is 9.99. The molecule has 1 heterocycles. The third-order valence-corrected chi connectivity index (χ3v) is 12.3. The summed E-state index contributed by atoms with van der Waals surface area (Å²) in [6, 6.07) is -0.887. The Labute approximate surface area is 356 Å². The quantitative estimate of drug-likeness (QED) is 0.0296. The standard InChI is InChI=1S/C48H95NO9/c1-3-5-7-9-11-13-15-17-18-19-20-21-22-23-25-27-29-31-33-35-37-42(52)47(56)49-40(39-57-48-46(55)45(54)44(53)43(38-50)58-48)41(51)36-34-32-30-28-26-24-16-14-12-10-8-6-4-2/h40-46,48,50-55H,3-39H2,1-2H3,(H,49,56)/t40-,41+,42+,43+,44-,45-,46+,48-/m0/s1. The van der Waals surface area contributed by atoms with Gasteiger partial charge in [0, 0.05) is 0 Å². The first kappa shape index (κ1) is 55.2. The normalized spacial score (nSPS) is 21.3. The average molecular weight is 830 g/mol. The highest BCUT2D eigenvalue weighted by Gasteiger charge is 2.44. The number of unbranched alkanes of at least 4 members (excludes halogenated alkanes) is 31. The number of aliphatic hydroxyl groups is 6. The maximum atomic E-state index is 13.1. The molecule has 0 radical (unpaired) electrons. The van der Waals surface area contributed by atoms with Gasteiger partial charge in [0.05, 0.1) is 25.4 Å². The Hall–Kier alpha value is -0.850. The Kier molecular flexibility index (Phi) is 37.1. The van der Waals surface area contributed by atoms with E-state index in [2.05, 4.69) is 19.2 Å². The predicted octanol–water partition coefficient (Wildman–Crippen LogP) is 9.70. The van der Waals surface area contributed by atoms with Gasteiger partial charge in [0.25, 0.3) is 0 Å². The number of carbonyl (C=O) groups excluding carboxylic acids is 1. The van der Waals surface area contributed by atoms with Crippen molar-refractivity contribution >= 4 is 5.91 Å². The molecule has 1 amide bonds. The van der Waals surface area contributed by atoms with E-state index in [0.717, 1.165) is 44.9 Å². The molecule has 0 spiro atoms. The first-order chi connectivity index (χ1) is 28.3. The van der Waals surface area contributed by atoms with Gasteiger partial charge in [-0.2, -0.15) is 0 Å². The summed E-state index contributed by atoms with van der Waals surface area (Å²) >= 11 is 0. The van der Waals surface area contributed by atoms with Crippen LogP contribution < -0.4 is 5.32 Å². The van der Waals surface area contributed by atoms with Crippen molar-refractivity contribution in [1.82, 2.24) is 5.32 Å². The van der Waals surface area contributed by atoms with Gasteiger partial charge < -0.3 is 45.4 Å². The van der Waals surface area contributed by atoms with E-state index in [0.29, 0.717) is 12.8 Å². The SMILES string of the molecule is CCCCCCCCCCCCCCCCCCCCCC[C@@H](O)C(=O)N[C@@H](CO[C@H]1O[C@H](CO)[C@H](O)[C@H](O)[C@H]1O)[C@H](O)CCCCCCCCCCCCCCC. The average Bonchev–Trinajstić information content (AvgIpc) is 3.22. The van der Waals surface area contributed by atoms with Gasteiger partial charge in [-0.25, -0.2) is 0 Å². The van der Waals surface area contributed by atoms with Crippen molar-refractivity contribution < 1.29 is 44.9 Å². The summed E-state index contributed by atoms with van der Waals surface area (Å²) in [5, 5.41) is 64.9. The second-order valence-electron chi connectivity index (χ2n) is 17.8. The molecule has 58 heavy (non-hydrogen) atoms. The predicted molar refractivity (Wildman–Crippen MR) is 237 cm³/mol. The van der Waals surface area contributed by atoms with E-state index in [-0.39, 0.29) is 6.61 Å². The number of hydrogen-bond donors (Lipinski definition) is 7. The molecule has 1 rings (SSSR count). The highest BCUT2D eigenvalue weighted by molar-refractivity contribution is 5.80. The summed E-state index contributed by atoms with van der Waals surface area (Å²) in [6.45, 7) is 3.69. The minimum Gasteiger partial charge on any atom is -0.394 e. The van der Waals surface area contributed by atoms with Crippen molar-refractivity contribution in [3.63, 3.8) is 0 Å². The Morgan fingerprint density at radius 1 is 0.517 bits per heavy atom. The van der Waals surface area contributed by atoms with Crippen LogP contribution in [-0.4, -0.2) is 98.7 Å². The molecule has 0 unspecified atom stereocenters. The van der Waals surface area contributed by atoms with Crippen molar-refractivity contribution in [2.24, 2.45) is 0 Å². The second kappa shape index (κ2) is 39.0. The van der Waals surface area contributed by atoms with Crippen LogP contribution >= 0.6 is 0 Å². The van der Waals surface area contributed by atoms with Crippen molar-refractivity contribution in [3.05, 3.63) is 0 Å². The number of nitrogens with one attached hydrogen (secondary N) is 1. The number of aliphatic hydroxyl groups excluding tert-OH is 6. The summed E-state index contributed by atoms with van der Waals surface area (Å²) < 4.78 is 11.2. The van der Waals surface area contributed by atoms with E-state index in [9.17, 15) is 35.4 Å². The molecule has 1 fully saturated rings. The molecule has 0 aliphatic carbocycles. The van der Waals surface area contributed by atoms with Gasteiger partial charge >= 0.3 is 0 Å². The highest BCUT2D eigenvalue weighted by Crippen LogP contribution is 2.23. The first-order valence-corrected chi connectivity index (χ1v) is 24.8. The summed E-state index contributed by atoms with van der Waals surface area (Å²) in [4.78, 5) is 13.1. The van der Waals surface area contributed by atoms with Crippen LogP contribution in [0.5, 0.6) is 0 Å². The highest BCUT2D eigenvalue weighted by atomic mass is 16.7. The lowest BCUT2D eigenvalue weighted by molar-refractivity contribution is -0.302. The molecule has 0 aromatic rings. The molecule has 1 aliphatic heterocycles. The van der Waals surface area contributed by atoms with E-state index in [1.54, 1.807) is 0 Å². The zero-order valence-corrected chi connectivity index (χ0v) is 37.7. The fourth-order valence-corrected chi connectivity index (χ4v) is 8.23. The fraction of sp³-hybridized carbons (Fsp3) is 0.979. The van der Waals surface area contributed by atoms with Crippen molar-refractivity contribution in [2.45, 2.75) is 288 Å². The third-order valence-electron chi connectivity index (χ3n) is 12.3. The lowest BCUT2D eigenvalue weighted by Gasteiger charge is -2.40. The minimum atomic E-state index is -1.59. The van der Waals surface area contributed by atoms with Crippen molar-refractivity contribution in [1.29, 1.82) is 0 Å². The van der Waals surface area contributed by atoms with Crippen LogP contribution in [0.3, 0.4) is 0 Å². The van der Waals surface area contributed by atoms with Gasteiger partial charge in [0.2, 0.25) is 5.91 Å². The molecule has 0 saturated carbocycles. The van der Waals surface area contributed by atoms with Gasteiger partial charge in [0.15, 0.2) is 6.29 Å². The van der Waals surface area contributed by atoms with Gasteiger partial charge in [-0.1, -0.05) is 226 Å². The number of amides is 1. The van der Waals surface area contributed by atoms with Crippen LogP contribution in [0, 0.1) is 0 Å². The second-order valence-corrected chi connectivity index (χ2v) is 17.8. The molecule has 8 atom stereocenters. The monoisotopic (exact) mass is 830 g/mol. The van der Waals surface area contributed by atoms with Crippen LogP contribution in [0.2, 0.25) is 0 Å². The Balaban J connectivity index is 2.31. The molecular weight excluding hydrogens is 735 g/mol. The third kappa shape index (κ3) is 28.6. The van der Waals surface area contributed by atoms with E-state index in [1.807, 2.05) is 0 Å². The molecular formula is C48H95NO9. The smallest absolute Gasteiger partial charge is 0.249 e. The molecule has 7 N–H and O–H groups in total. The number of ether oxygens (including phenoxy) is 2. The van der Waals surface area contributed by atoms with E-state index in [4.69, 9.17) is 9.47 Å². The van der Waals surface area contributed by atoms with Crippen molar-refractivity contribution in [3.8, 4) is 0 Å². The van der Waals surface area contributed by atoms with Crippen LogP contribution in [0.1, 0.15) is 239 Å². The molecule has 1 saturated heterocycles. The molecule has 0 aromatic carbocycles. The van der Waals surface area contributed by atoms with Crippen LogP contribution in [0.15, 0.2) is 0 Å². The van der Waals surface area contributed by atoms with Gasteiger partial charge in [-0.3, -0.25) is 4.79 Å². The van der Waals surface area contributed by atoms with Crippen LogP contribution in [0.25, 0.3) is 0 Å². The number of hydrogen-bond acceptors (Lipinski definition) is 9. The van der Waals surface area contributed by atoms with E-state index in [1.165, 1.54) is 167 Å². The Morgan fingerprint density at radius 2 is 0.862 bits per heavy atom. The zero-order valence-electron chi connectivity index (χ0n) is 37.7. The molecule has 346 valence electrons. The van der Waals surface area contributed by atoms with Crippen molar-refractivity contribution in [2.75, 3.05) is 13.2 Å². The minimum absolute atomic E-state index is 0.250. The Morgan fingerprint density at radius 3 is 1.22 bits per heavy atom. The molecule has 0 bridgehead atoms. The number of carbonyl (C=O) groups is 1. The summed E-state index contributed by atoms with van der Waals surface area (Å²) in [5.41, 5.74) is 0. The number of rotatable bonds is 42. The first-order valence-electron chi connectivity index (χ1n) is 24.8. The maximum Gasteiger partial charge on any atom is 0.249 e. The van der Waals surface area contributed by atoms with Gasteiger partial charge in [-0.05, 0) is 12.8 Å². The largest absolute Gasteiger partial charge is 0.394 e. The van der Waals surface area contributed by atoms with E-state index >= 15 is 0 Å². The fourth-order valence-electron chi connectivity index (χ4n) is 8.23. The maximum absolute atomic E-state index is 13.1. The molecule has 10 nitrogen and oxygen atoms in total. The molecule has 10 heteroatoms. The summed E-state index contributed by atoms with van der Waals surface area (Å²) in [7, 11) is 0. The zero-order chi connectivity index (χ0) is 42.5. The summed E-state index contributed by atoms with van der Waals surface area (Å²) in [5.74, 6) is -0.579. The lowest BCUT2D eigenvalue weighted by Crippen LogP contribution is -2.60.